The predicted molar refractivity (Wildman–Crippen MR) is 118 cm³/mol. The molecule has 27 heavy (non-hydrogen) atoms. The van der Waals surface area contributed by atoms with Crippen LogP contribution in [-0.4, -0.2) is 39.7 Å². The van der Waals surface area contributed by atoms with Crippen LogP contribution in [0, 0.1) is 6.92 Å². The van der Waals surface area contributed by atoms with Gasteiger partial charge >= 0.3 is 0 Å². The van der Waals surface area contributed by atoms with Gasteiger partial charge in [0.05, 0.1) is 10.4 Å². The zero-order chi connectivity index (χ0) is 19.0. The molecule has 0 spiro atoms. The van der Waals surface area contributed by atoms with E-state index in [1.807, 2.05) is 13.0 Å². The van der Waals surface area contributed by atoms with Crippen molar-refractivity contribution in [2.45, 2.75) is 33.1 Å². The lowest BCUT2D eigenvalue weighted by molar-refractivity contribution is -0.121. The average Bonchev–Trinajstić information content (AvgIpc) is 2.94. The van der Waals surface area contributed by atoms with E-state index in [4.69, 9.17) is 17.2 Å². The van der Waals surface area contributed by atoms with Crippen LogP contribution in [0.25, 0.3) is 17.0 Å². The highest BCUT2D eigenvalue weighted by atomic mass is 32.2. The van der Waals surface area contributed by atoms with Crippen LogP contribution >= 0.6 is 24.0 Å². The van der Waals surface area contributed by atoms with Gasteiger partial charge in [0.15, 0.2) is 0 Å². The highest BCUT2D eigenvalue weighted by Gasteiger charge is 2.31. The number of fused-ring (bicyclic) bond motifs is 1. The maximum absolute atomic E-state index is 12.7. The molecule has 0 atom stereocenters. The minimum absolute atomic E-state index is 0.00133. The lowest BCUT2D eigenvalue weighted by Gasteiger charge is -2.29. The molecule has 4 rings (SSSR count). The minimum Gasteiger partial charge on any atom is -0.356 e. The van der Waals surface area contributed by atoms with E-state index in [9.17, 15) is 4.79 Å². The van der Waals surface area contributed by atoms with Crippen molar-refractivity contribution in [3.63, 3.8) is 0 Å². The number of amides is 1. The van der Waals surface area contributed by atoms with Gasteiger partial charge in [-0.25, -0.2) is 4.98 Å². The van der Waals surface area contributed by atoms with Crippen molar-refractivity contribution < 1.29 is 4.79 Å². The van der Waals surface area contributed by atoms with Gasteiger partial charge in [-0.1, -0.05) is 35.6 Å². The summed E-state index contributed by atoms with van der Waals surface area (Å²) in [5.41, 5.74) is 3.21. The van der Waals surface area contributed by atoms with Crippen molar-refractivity contribution in [3.8, 4) is 0 Å². The lowest BCUT2D eigenvalue weighted by Crippen LogP contribution is -2.30. The Hall–Kier alpha value is -1.92. The Morgan fingerprint density at radius 2 is 2.00 bits per heavy atom. The van der Waals surface area contributed by atoms with Crippen LogP contribution in [0.4, 0.5) is 5.82 Å². The number of thioether (sulfide) groups is 1. The van der Waals surface area contributed by atoms with Crippen LogP contribution in [-0.2, 0) is 4.79 Å². The van der Waals surface area contributed by atoms with Crippen LogP contribution in [0.5, 0.6) is 0 Å². The fourth-order valence-electron chi connectivity index (χ4n) is 3.68. The summed E-state index contributed by atoms with van der Waals surface area (Å²) >= 11 is 6.75. The van der Waals surface area contributed by atoms with Crippen LogP contribution in [0.1, 0.15) is 37.3 Å². The number of benzene rings is 1. The molecule has 1 aromatic heterocycles. The number of hydrogen-bond donors (Lipinski definition) is 0. The Balaban J connectivity index is 1.83. The first-order valence-electron chi connectivity index (χ1n) is 9.48. The molecule has 0 N–H and O–H groups in total. The molecule has 2 aromatic rings. The second-order valence-electron chi connectivity index (χ2n) is 7.07. The molecule has 6 heteroatoms. The molecule has 2 aliphatic heterocycles. The van der Waals surface area contributed by atoms with Crippen molar-refractivity contribution in [2.24, 2.45) is 0 Å². The number of aryl methyl sites for hydroxylation is 1. The van der Waals surface area contributed by atoms with E-state index in [1.165, 1.54) is 36.6 Å². The van der Waals surface area contributed by atoms with Gasteiger partial charge in [-0.2, -0.15) is 0 Å². The fraction of sp³-hybridized carbons (Fsp3) is 0.381. The Morgan fingerprint density at radius 1 is 1.22 bits per heavy atom. The molecular formula is C21H23N3OS2. The summed E-state index contributed by atoms with van der Waals surface area (Å²) in [4.78, 5) is 22.4. The van der Waals surface area contributed by atoms with E-state index in [0.29, 0.717) is 15.8 Å². The summed E-state index contributed by atoms with van der Waals surface area (Å²) in [7, 11) is 0. The van der Waals surface area contributed by atoms with E-state index < -0.39 is 0 Å². The number of piperidine rings is 1. The molecule has 2 fully saturated rings. The predicted octanol–water partition coefficient (Wildman–Crippen LogP) is 4.75. The Bertz CT molecular complexity index is 948. The second-order valence-corrected chi connectivity index (χ2v) is 8.75. The lowest BCUT2D eigenvalue weighted by atomic mass is 10.1. The van der Waals surface area contributed by atoms with Crippen LogP contribution in [0.2, 0.25) is 0 Å². The average molecular weight is 398 g/mol. The third kappa shape index (κ3) is 3.60. The molecule has 3 heterocycles. The van der Waals surface area contributed by atoms with Crippen molar-refractivity contribution in [1.29, 1.82) is 0 Å². The topological polar surface area (TPSA) is 36.4 Å². The third-order valence-electron chi connectivity index (χ3n) is 5.11. The van der Waals surface area contributed by atoms with E-state index in [-0.39, 0.29) is 5.91 Å². The van der Waals surface area contributed by atoms with Crippen molar-refractivity contribution in [2.75, 3.05) is 24.5 Å². The number of pyridine rings is 1. The molecule has 0 unspecified atom stereocenters. The molecule has 2 aliphatic rings. The van der Waals surface area contributed by atoms with Crippen LogP contribution in [0.15, 0.2) is 29.2 Å². The molecule has 2 saturated heterocycles. The van der Waals surface area contributed by atoms with E-state index in [2.05, 4.69) is 36.1 Å². The van der Waals surface area contributed by atoms with Gasteiger partial charge in [-0.05, 0) is 57.4 Å². The van der Waals surface area contributed by atoms with Gasteiger partial charge < -0.3 is 4.90 Å². The maximum Gasteiger partial charge on any atom is 0.266 e. The molecule has 0 bridgehead atoms. The number of carbonyl (C=O) groups is 1. The summed E-state index contributed by atoms with van der Waals surface area (Å²) in [6, 6.07) is 8.49. The molecule has 0 saturated carbocycles. The Labute approximate surface area is 169 Å². The molecule has 4 nitrogen and oxygen atoms in total. The SMILES string of the molecule is CCN1C(=O)/C(=C\c2cc3cc(C)ccc3nc2N2CCCCC2)SC1=S. The molecule has 0 aliphatic carbocycles. The minimum atomic E-state index is 0.00133. The molecule has 140 valence electrons. The van der Waals surface area contributed by atoms with E-state index >= 15 is 0 Å². The second kappa shape index (κ2) is 7.60. The molecule has 0 radical (unpaired) electrons. The van der Waals surface area contributed by atoms with Crippen molar-refractivity contribution in [1.82, 2.24) is 9.88 Å². The first kappa shape index (κ1) is 18.4. The molecule has 1 aromatic carbocycles. The van der Waals surface area contributed by atoms with Gasteiger partial charge in [-0.3, -0.25) is 9.69 Å². The summed E-state index contributed by atoms with van der Waals surface area (Å²) in [6.07, 6.45) is 5.62. The number of aromatic nitrogens is 1. The van der Waals surface area contributed by atoms with Gasteiger partial charge in [0.25, 0.3) is 5.91 Å². The van der Waals surface area contributed by atoms with Gasteiger partial charge in [-0.15, -0.1) is 0 Å². The first-order valence-corrected chi connectivity index (χ1v) is 10.7. The summed E-state index contributed by atoms with van der Waals surface area (Å²) < 4.78 is 0.637. The van der Waals surface area contributed by atoms with Gasteiger partial charge in [0, 0.05) is 30.6 Å². The summed E-state index contributed by atoms with van der Waals surface area (Å²) in [5.74, 6) is 0.981. The van der Waals surface area contributed by atoms with Gasteiger partial charge in [0.1, 0.15) is 10.1 Å². The van der Waals surface area contributed by atoms with E-state index in [1.54, 1.807) is 4.90 Å². The number of rotatable bonds is 3. The molecular weight excluding hydrogens is 374 g/mol. The fourth-order valence-corrected chi connectivity index (χ4v) is 5.06. The number of anilines is 1. The third-order valence-corrected chi connectivity index (χ3v) is 6.49. The quantitative estimate of drug-likeness (QED) is 0.552. The summed E-state index contributed by atoms with van der Waals surface area (Å²) in [5, 5.41) is 1.10. The number of hydrogen-bond acceptors (Lipinski definition) is 5. The van der Waals surface area contributed by atoms with Crippen molar-refractivity contribution in [3.05, 3.63) is 40.3 Å². The normalized spacial score (nSPS) is 19.6. The first-order chi connectivity index (χ1) is 13.1. The number of carbonyl (C=O) groups excluding carboxylic acids is 1. The van der Waals surface area contributed by atoms with Crippen LogP contribution < -0.4 is 4.90 Å². The Kier molecular flexibility index (Phi) is 5.19. The summed E-state index contributed by atoms with van der Waals surface area (Å²) in [6.45, 7) is 6.68. The highest BCUT2D eigenvalue weighted by Crippen LogP contribution is 2.35. The standard InChI is InChI=1S/C21H23N3OS2/c1-3-24-20(25)18(27-21(24)26)13-16-12-15-11-14(2)7-8-17(15)22-19(16)23-9-5-4-6-10-23/h7-8,11-13H,3-6,9-10H2,1-2H3/b18-13+. The zero-order valence-corrected chi connectivity index (χ0v) is 17.3. The van der Waals surface area contributed by atoms with Crippen molar-refractivity contribution >= 4 is 57.0 Å². The maximum atomic E-state index is 12.7. The monoisotopic (exact) mass is 397 g/mol. The largest absolute Gasteiger partial charge is 0.356 e. The van der Waals surface area contributed by atoms with Crippen LogP contribution in [0.3, 0.4) is 0 Å². The van der Waals surface area contributed by atoms with Gasteiger partial charge in [0.2, 0.25) is 0 Å². The number of thiocarbonyl (C=S) groups is 1. The smallest absolute Gasteiger partial charge is 0.266 e. The number of likely N-dealkylation sites (N-methyl/N-ethyl adjacent to an activating group) is 1. The van der Waals surface area contributed by atoms with E-state index in [0.717, 1.165) is 35.4 Å². The Morgan fingerprint density at radius 3 is 2.70 bits per heavy atom. The highest BCUT2D eigenvalue weighted by molar-refractivity contribution is 8.26. The number of nitrogens with zero attached hydrogens (tertiary/aromatic N) is 3. The zero-order valence-electron chi connectivity index (χ0n) is 15.7. The molecule has 1 amide bonds.